The predicted octanol–water partition coefficient (Wildman–Crippen LogP) is 1.58. The second-order valence-electron chi connectivity index (χ2n) is 3.70. The van der Waals surface area contributed by atoms with Gasteiger partial charge in [0, 0.05) is 12.4 Å². The Balaban J connectivity index is 2.34. The van der Waals surface area contributed by atoms with E-state index in [4.69, 9.17) is 11.6 Å². The summed E-state index contributed by atoms with van der Waals surface area (Å²) >= 11 is 5.71. The average molecular weight is 245 g/mol. The third kappa shape index (κ3) is 4.18. The normalized spacial score (nSPS) is 12.4. The van der Waals surface area contributed by atoms with Gasteiger partial charge in [-0.3, -0.25) is 4.79 Å². The Hall–Kier alpha value is -1.10. The fraction of sp³-hybridized carbons (Fsp3) is 0.700. The average Bonchev–Trinajstić information content (AvgIpc) is 2.79. The van der Waals surface area contributed by atoms with Crippen molar-refractivity contribution < 1.29 is 4.79 Å². The largest absolute Gasteiger partial charge is 0.350 e. The van der Waals surface area contributed by atoms with Crippen LogP contribution < -0.4 is 5.32 Å². The Bertz CT molecular complexity index is 296. The molecule has 1 unspecified atom stereocenters. The standard InChI is InChI=1S/C10H17ClN4O/c1-2-3-8(4-5-11)6-12-10(16)9-7-13-15-14-9/h7-8H,2-6H2,1H3,(H,12,16)(H,13,14,15). The van der Waals surface area contributed by atoms with Crippen molar-refractivity contribution >= 4 is 17.5 Å². The molecule has 0 aliphatic heterocycles. The van der Waals surface area contributed by atoms with Crippen molar-refractivity contribution in [2.45, 2.75) is 26.2 Å². The predicted molar refractivity (Wildman–Crippen MR) is 62.5 cm³/mol. The summed E-state index contributed by atoms with van der Waals surface area (Å²) < 4.78 is 0. The number of aromatic nitrogens is 3. The lowest BCUT2D eigenvalue weighted by molar-refractivity contribution is 0.0941. The maximum Gasteiger partial charge on any atom is 0.273 e. The van der Waals surface area contributed by atoms with Crippen molar-refractivity contribution in [3.63, 3.8) is 0 Å². The Morgan fingerprint density at radius 3 is 3.00 bits per heavy atom. The maximum absolute atomic E-state index is 11.6. The third-order valence-electron chi connectivity index (χ3n) is 2.41. The van der Waals surface area contributed by atoms with Crippen LogP contribution >= 0.6 is 11.6 Å². The van der Waals surface area contributed by atoms with Crippen LogP contribution in [0.1, 0.15) is 36.7 Å². The summed E-state index contributed by atoms with van der Waals surface area (Å²) in [7, 11) is 0. The number of hydrogen-bond donors (Lipinski definition) is 2. The van der Waals surface area contributed by atoms with Gasteiger partial charge in [-0.15, -0.1) is 11.6 Å². The number of carbonyl (C=O) groups is 1. The molecule has 1 atom stereocenters. The number of H-pyrrole nitrogens is 1. The zero-order valence-electron chi connectivity index (χ0n) is 9.37. The molecular formula is C10H17ClN4O. The molecular weight excluding hydrogens is 228 g/mol. The molecule has 90 valence electrons. The van der Waals surface area contributed by atoms with E-state index < -0.39 is 0 Å². The number of nitrogens with one attached hydrogen (secondary N) is 2. The second kappa shape index (κ2) is 7.22. The summed E-state index contributed by atoms with van der Waals surface area (Å²) in [6.07, 6.45) is 4.51. The third-order valence-corrected chi connectivity index (χ3v) is 2.63. The van der Waals surface area contributed by atoms with Crippen molar-refractivity contribution in [1.82, 2.24) is 20.7 Å². The van der Waals surface area contributed by atoms with Gasteiger partial charge in [-0.05, 0) is 18.8 Å². The van der Waals surface area contributed by atoms with E-state index in [2.05, 4.69) is 27.7 Å². The molecule has 0 saturated heterocycles. The van der Waals surface area contributed by atoms with E-state index in [1.165, 1.54) is 6.20 Å². The molecule has 0 radical (unpaired) electrons. The smallest absolute Gasteiger partial charge is 0.273 e. The Morgan fingerprint density at radius 2 is 2.44 bits per heavy atom. The van der Waals surface area contributed by atoms with Gasteiger partial charge < -0.3 is 5.32 Å². The molecule has 1 heterocycles. The first-order valence-corrected chi connectivity index (χ1v) is 6.01. The molecule has 1 aromatic heterocycles. The van der Waals surface area contributed by atoms with Gasteiger partial charge in [0.1, 0.15) is 0 Å². The van der Waals surface area contributed by atoms with Gasteiger partial charge in [0.25, 0.3) is 5.91 Å². The van der Waals surface area contributed by atoms with Gasteiger partial charge in [0.2, 0.25) is 0 Å². The van der Waals surface area contributed by atoms with E-state index in [0.29, 0.717) is 24.0 Å². The van der Waals surface area contributed by atoms with E-state index in [0.717, 1.165) is 19.3 Å². The van der Waals surface area contributed by atoms with E-state index >= 15 is 0 Å². The summed E-state index contributed by atoms with van der Waals surface area (Å²) in [5, 5.41) is 12.5. The van der Waals surface area contributed by atoms with Gasteiger partial charge in [0.15, 0.2) is 5.69 Å². The minimum Gasteiger partial charge on any atom is -0.350 e. The number of rotatable bonds is 7. The molecule has 1 aromatic rings. The number of amides is 1. The summed E-state index contributed by atoms with van der Waals surface area (Å²) in [6, 6.07) is 0. The van der Waals surface area contributed by atoms with Gasteiger partial charge in [0.05, 0.1) is 6.20 Å². The molecule has 0 saturated carbocycles. The zero-order chi connectivity index (χ0) is 11.8. The van der Waals surface area contributed by atoms with Crippen LogP contribution in [0.25, 0.3) is 0 Å². The lowest BCUT2D eigenvalue weighted by Gasteiger charge is -2.14. The molecule has 0 aromatic carbocycles. The van der Waals surface area contributed by atoms with Gasteiger partial charge >= 0.3 is 0 Å². The van der Waals surface area contributed by atoms with Crippen LogP contribution in [0.3, 0.4) is 0 Å². The fourth-order valence-corrected chi connectivity index (χ4v) is 1.86. The Morgan fingerprint density at radius 1 is 1.62 bits per heavy atom. The summed E-state index contributed by atoms with van der Waals surface area (Å²) in [4.78, 5) is 11.6. The van der Waals surface area contributed by atoms with Crippen molar-refractivity contribution in [1.29, 1.82) is 0 Å². The SMILES string of the molecule is CCCC(CCCl)CNC(=O)c1cn[nH]n1. The molecule has 0 bridgehead atoms. The molecule has 0 spiro atoms. The summed E-state index contributed by atoms with van der Waals surface area (Å²) in [5.41, 5.74) is 0.320. The van der Waals surface area contributed by atoms with Crippen LogP contribution in [0.4, 0.5) is 0 Å². The van der Waals surface area contributed by atoms with Crippen LogP contribution in [-0.2, 0) is 0 Å². The highest BCUT2D eigenvalue weighted by molar-refractivity contribution is 6.17. The van der Waals surface area contributed by atoms with Crippen molar-refractivity contribution in [2.75, 3.05) is 12.4 Å². The monoisotopic (exact) mass is 244 g/mol. The quantitative estimate of drug-likeness (QED) is 0.716. The molecule has 0 aliphatic carbocycles. The van der Waals surface area contributed by atoms with E-state index in [1.807, 2.05) is 0 Å². The molecule has 6 heteroatoms. The second-order valence-corrected chi connectivity index (χ2v) is 4.08. The fourth-order valence-electron chi connectivity index (χ4n) is 1.55. The van der Waals surface area contributed by atoms with E-state index in [1.54, 1.807) is 0 Å². The van der Waals surface area contributed by atoms with Crippen molar-refractivity contribution in [2.24, 2.45) is 5.92 Å². The number of halogens is 1. The highest BCUT2D eigenvalue weighted by atomic mass is 35.5. The molecule has 0 fully saturated rings. The van der Waals surface area contributed by atoms with Crippen LogP contribution in [-0.4, -0.2) is 33.7 Å². The number of alkyl halides is 1. The zero-order valence-corrected chi connectivity index (χ0v) is 10.1. The minimum atomic E-state index is -0.190. The first-order valence-electron chi connectivity index (χ1n) is 5.47. The highest BCUT2D eigenvalue weighted by Crippen LogP contribution is 2.11. The van der Waals surface area contributed by atoms with Gasteiger partial charge in [-0.2, -0.15) is 15.4 Å². The van der Waals surface area contributed by atoms with Crippen molar-refractivity contribution in [3.05, 3.63) is 11.9 Å². The lowest BCUT2D eigenvalue weighted by Crippen LogP contribution is -2.29. The van der Waals surface area contributed by atoms with Crippen LogP contribution in [0, 0.1) is 5.92 Å². The van der Waals surface area contributed by atoms with Crippen LogP contribution in [0.5, 0.6) is 0 Å². The number of hydrogen-bond acceptors (Lipinski definition) is 3. The van der Waals surface area contributed by atoms with Crippen LogP contribution in [0.2, 0.25) is 0 Å². The molecule has 16 heavy (non-hydrogen) atoms. The first kappa shape index (κ1) is 13.0. The summed E-state index contributed by atoms with van der Waals surface area (Å²) in [6.45, 7) is 2.77. The first-order chi connectivity index (χ1) is 7.77. The van der Waals surface area contributed by atoms with Crippen molar-refractivity contribution in [3.8, 4) is 0 Å². The number of aromatic amines is 1. The highest BCUT2D eigenvalue weighted by Gasteiger charge is 2.12. The lowest BCUT2D eigenvalue weighted by atomic mass is 10.0. The number of carbonyl (C=O) groups excluding carboxylic acids is 1. The molecule has 1 rings (SSSR count). The Labute approximate surface area is 100.0 Å². The molecule has 0 aliphatic rings. The Kier molecular flexibility index (Phi) is 5.85. The number of nitrogens with zero attached hydrogens (tertiary/aromatic N) is 2. The minimum absolute atomic E-state index is 0.190. The van der Waals surface area contributed by atoms with E-state index in [-0.39, 0.29) is 5.91 Å². The van der Waals surface area contributed by atoms with Gasteiger partial charge in [-0.1, -0.05) is 13.3 Å². The molecule has 2 N–H and O–H groups in total. The van der Waals surface area contributed by atoms with Crippen LogP contribution in [0.15, 0.2) is 6.20 Å². The van der Waals surface area contributed by atoms with E-state index in [9.17, 15) is 4.79 Å². The maximum atomic E-state index is 11.6. The summed E-state index contributed by atoms with van der Waals surface area (Å²) in [5.74, 6) is 0.882. The topological polar surface area (TPSA) is 70.7 Å². The molecule has 5 nitrogen and oxygen atoms in total. The molecule has 1 amide bonds. The van der Waals surface area contributed by atoms with Gasteiger partial charge in [-0.25, -0.2) is 0 Å².